The van der Waals surface area contributed by atoms with Gasteiger partial charge in [-0.3, -0.25) is 0 Å². The van der Waals surface area contributed by atoms with Crippen molar-refractivity contribution in [2.24, 2.45) is 5.41 Å². The van der Waals surface area contributed by atoms with E-state index in [0.29, 0.717) is 0 Å². The second kappa shape index (κ2) is 8.86. The SMILES string of the molecule is CC1=C(C)C(C)(C)[C]([Cr])=C1[Si](C)(C)P(c1ccc(C)cc1)c1ccc(C)cc1.Cl. The van der Waals surface area contributed by atoms with Crippen LogP contribution in [0.15, 0.2) is 69.3 Å². The minimum Gasteiger partial charge on any atom is -0.147 e. The monoisotopic (exact) mass is 479 g/mol. The van der Waals surface area contributed by atoms with E-state index in [4.69, 9.17) is 0 Å². The first-order chi connectivity index (χ1) is 13.0. The van der Waals surface area contributed by atoms with Crippen LogP contribution in [0.2, 0.25) is 13.1 Å². The summed E-state index contributed by atoms with van der Waals surface area (Å²) >= 11 is 3.51. The molecule has 3 rings (SSSR count). The number of allylic oxidation sites excluding steroid dienone is 4. The van der Waals surface area contributed by atoms with Gasteiger partial charge >= 0.3 is 183 Å². The minimum absolute atomic E-state index is 0. The van der Waals surface area contributed by atoms with Crippen molar-refractivity contribution in [3.8, 4) is 0 Å². The topological polar surface area (TPSA) is 0 Å². The van der Waals surface area contributed by atoms with E-state index in [-0.39, 0.29) is 17.8 Å². The molecule has 0 heterocycles. The molecule has 29 heavy (non-hydrogen) atoms. The normalized spacial score (nSPS) is 16.4. The van der Waals surface area contributed by atoms with E-state index in [1.807, 2.05) is 0 Å². The van der Waals surface area contributed by atoms with Gasteiger partial charge < -0.3 is 0 Å². The number of halogens is 1. The largest absolute Gasteiger partial charge is 0.147 e. The van der Waals surface area contributed by atoms with Crippen LogP contribution in [0, 0.1) is 19.3 Å². The number of rotatable bonds is 4. The molecule has 0 aliphatic heterocycles. The summed E-state index contributed by atoms with van der Waals surface area (Å²) in [6.45, 7) is 18.9. The van der Waals surface area contributed by atoms with Gasteiger partial charge in [-0.05, 0) is 0 Å². The first kappa shape index (κ1) is 24.7. The smallest absolute Gasteiger partial charge is 0.147 e. The van der Waals surface area contributed by atoms with Gasteiger partial charge in [0.2, 0.25) is 0 Å². The molecule has 1 aliphatic carbocycles. The molecule has 0 radical (unpaired) electrons. The van der Waals surface area contributed by atoms with E-state index in [9.17, 15) is 0 Å². The second-order valence-electron chi connectivity index (χ2n) is 9.14. The van der Waals surface area contributed by atoms with Crippen molar-refractivity contribution in [3.05, 3.63) is 80.4 Å². The van der Waals surface area contributed by atoms with Crippen molar-refractivity contribution in [1.82, 2.24) is 0 Å². The molecule has 0 aromatic heterocycles. The molecule has 2 aromatic rings. The molecule has 1 aliphatic rings. The third-order valence-electron chi connectivity index (χ3n) is 6.42. The molecule has 155 valence electrons. The van der Waals surface area contributed by atoms with Crippen molar-refractivity contribution in [3.63, 3.8) is 0 Å². The minimum atomic E-state index is -1.82. The Bertz CT molecular complexity index is 908. The van der Waals surface area contributed by atoms with E-state index < -0.39 is 15.2 Å². The maximum atomic E-state index is 3.51. The number of hydrogen-bond acceptors (Lipinski definition) is 0. The van der Waals surface area contributed by atoms with Gasteiger partial charge in [-0.2, -0.15) is 0 Å². The number of hydrogen-bond donors (Lipinski definition) is 0. The van der Waals surface area contributed by atoms with Crippen LogP contribution in [0.1, 0.15) is 38.8 Å². The molecule has 0 nitrogen and oxygen atoms in total. The molecular formula is C25H33ClCrPSi. The Morgan fingerprint density at radius 2 is 1.14 bits per heavy atom. The average molecular weight is 480 g/mol. The third kappa shape index (κ3) is 4.39. The van der Waals surface area contributed by atoms with Crippen LogP contribution in [0.25, 0.3) is 0 Å². The fourth-order valence-electron chi connectivity index (χ4n) is 4.34. The molecule has 0 spiro atoms. The van der Waals surface area contributed by atoms with Crippen LogP contribution in [-0.4, -0.2) is 7.74 Å². The summed E-state index contributed by atoms with van der Waals surface area (Å²) in [5, 5.41) is 4.68. The predicted molar refractivity (Wildman–Crippen MR) is 132 cm³/mol. The molecule has 0 saturated carbocycles. The second-order valence-corrected chi connectivity index (χ2v) is 19.8. The van der Waals surface area contributed by atoms with E-state index in [0.717, 1.165) is 0 Å². The van der Waals surface area contributed by atoms with Crippen LogP contribution in [0.4, 0.5) is 0 Å². The Labute approximate surface area is 194 Å². The summed E-state index contributed by atoms with van der Waals surface area (Å²) in [5.41, 5.74) is 5.85. The van der Waals surface area contributed by atoms with Gasteiger partial charge in [0.05, 0.1) is 0 Å². The van der Waals surface area contributed by atoms with Gasteiger partial charge in [0.25, 0.3) is 0 Å². The Balaban J connectivity index is 0.00000300. The summed E-state index contributed by atoms with van der Waals surface area (Å²) < 4.78 is 1.48. The molecule has 0 amide bonds. The molecule has 2 aromatic carbocycles. The number of benzene rings is 2. The zero-order valence-electron chi connectivity index (χ0n) is 18.9. The summed E-state index contributed by atoms with van der Waals surface area (Å²) in [6, 6.07) is 18.6. The van der Waals surface area contributed by atoms with Crippen LogP contribution < -0.4 is 10.6 Å². The molecule has 4 heteroatoms. The number of aryl methyl sites for hydroxylation is 2. The zero-order chi connectivity index (χ0) is 20.9. The van der Waals surface area contributed by atoms with Crippen LogP contribution in [0.5, 0.6) is 0 Å². The van der Waals surface area contributed by atoms with Crippen LogP contribution in [0.3, 0.4) is 0 Å². The van der Waals surface area contributed by atoms with Crippen molar-refractivity contribution in [1.29, 1.82) is 0 Å². The van der Waals surface area contributed by atoms with Gasteiger partial charge in [0, 0.05) is 0 Å². The predicted octanol–water partition coefficient (Wildman–Crippen LogP) is 7.08. The average Bonchev–Trinajstić information content (AvgIpc) is 2.78. The van der Waals surface area contributed by atoms with Gasteiger partial charge in [-0.1, -0.05) is 0 Å². The first-order valence-corrected chi connectivity index (χ1v) is 15.8. The van der Waals surface area contributed by atoms with E-state index in [1.165, 1.54) is 37.3 Å². The molecule has 0 saturated heterocycles. The quantitative estimate of drug-likeness (QED) is 0.324. The zero-order valence-corrected chi connectivity index (χ0v) is 22.9. The first-order valence-electron chi connectivity index (χ1n) is 10.0. The molecule has 0 unspecified atom stereocenters. The van der Waals surface area contributed by atoms with E-state index >= 15 is 0 Å². The summed E-state index contributed by atoms with van der Waals surface area (Å²) in [7, 11) is -2.23. The Hall–Kier alpha value is -0.611. The Morgan fingerprint density at radius 3 is 1.45 bits per heavy atom. The Kier molecular flexibility index (Phi) is 7.54. The van der Waals surface area contributed by atoms with E-state index in [1.54, 1.807) is 5.20 Å². The van der Waals surface area contributed by atoms with E-state index in [2.05, 4.69) is 119 Å². The standard InChI is InChI=1S/C25H32PSi.ClH.Cr/c1-18-9-13-22(14-10-18)26(23-15-11-19(2)12-16-23)27(7,8)24-17-25(5,6)21(4)20(24)3;;/h9-16H,1-8H3;1H;. The van der Waals surface area contributed by atoms with Crippen molar-refractivity contribution in [2.75, 3.05) is 0 Å². The van der Waals surface area contributed by atoms with Crippen LogP contribution >= 0.6 is 19.9 Å². The molecule has 0 bridgehead atoms. The molecule has 0 N–H and O–H groups in total. The third-order valence-corrected chi connectivity index (χ3v) is 18.0. The maximum absolute atomic E-state index is 3.51. The van der Waals surface area contributed by atoms with Gasteiger partial charge in [-0.25, -0.2) is 0 Å². The fourth-order valence-corrected chi connectivity index (χ4v) is 17.3. The fraction of sp³-hybridized carbons (Fsp3) is 0.360. The van der Waals surface area contributed by atoms with Crippen LogP contribution in [-0.2, 0) is 16.3 Å². The summed E-state index contributed by atoms with van der Waals surface area (Å²) in [4.78, 5) is 0. The molecule has 0 atom stereocenters. The van der Waals surface area contributed by atoms with Crippen molar-refractivity contribution >= 4 is 38.2 Å². The van der Waals surface area contributed by atoms with Crippen molar-refractivity contribution in [2.45, 2.75) is 54.6 Å². The summed E-state index contributed by atoms with van der Waals surface area (Å²) in [5.74, 6) is 0. The maximum Gasteiger partial charge on any atom is -0.147 e. The van der Waals surface area contributed by atoms with Gasteiger partial charge in [-0.15, -0.1) is 12.4 Å². The molecule has 0 fully saturated rings. The van der Waals surface area contributed by atoms with Gasteiger partial charge in [0.1, 0.15) is 0 Å². The molecular weight excluding hydrogens is 447 g/mol. The summed E-state index contributed by atoms with van der Waals surface area (Å²) in [6.07, 6.45) is 0. The Morgan fingerprint density at radius 1 is 0.759 bits per heavy atom. The van der Waals surface area contributed by atoms with Crippen molar-refractivity contribution < 1.29 is 16.3 Å². The van der Waals surface area contributed by atoms with Gasteiger partial charge in [0.15, 0.2) is 0 Å².